The maximum Gasteiger partial charge on any atom is 0.236 e. The minimum Gasteiger partial charge on any atom is -0.497 e. The molecule has 2 rings (SSSR count). The molecule has 0 saturated carbocycles. The number of hydrogen-bond acceptors (Lipinski definition) is 4. The monoisotopic (exact) mass is 308 g/mol. The first-order chi connectivity index (χ1) is 10.0. The fourth-order valence-electron chi connectivity index (χ4n) is 2.76. The topological polar surface area (TPSA) is 55.6 Å². The Morgan fingerprint density at radius 2 is 2.14 bits per heavy atom. The van der Waals surface area contributed by atoms with Gasteiger partial charge in [0.15, 0.2) is 0 Å². The zero-order chi connectivity index (χ0) is 15.4. The number of carbonyl (C=O) groups excluding carboxylic acids is 1. The molecule has 0 spiro atoms. The highest BCUT2D eigenvalue weighted by Gasteiger charge is 2.33. The van der Waals surface area contributed by atoms with Crippen molar-refractivity contribution in [3.63, 3.8) is 0 Å². The minimum absolute atomic E-state index is 0.0858. The highest BCUT2D eigenvalue weighted by molar-refractivity contribution is 8.00. The van der Waals surface area contributed by atoms with E-state index in [9.17, 15) is 4.79 Å². The van der Waals surface area contributed by atoms with Gasteiger partial charge >= 0.3 is 0 Å². The van der Waals surface area contributed by atoms with Crippen LogP contribution in [0.15, 0.2) is 29.2 Å². The number of hydrogen-bond donors (Lipinski definition) is 1. The number of nitrogens with zero attached hydrogens (tertiary/aromatic N) is 1. The zero-order valence-corrected chi connectivity index (χ0v) is 13.7. The lowest BCUT2D eigenvalue weighted by Crippen LogP contribution is -2.39. The van der Waals surface area contributed by atoms with Crippen LogP contribution < -0.4 is 10.5 Å². The quantitative estimate of drug-likeness (QED) is 0.849. The summed E-state index contributed by atoms with van der Waals surface area (Å²) in [6.07, 6.45) is 1.02. The van der Waals surface area contributed by atoms with E-state index >= 15 is 0 Å². The van der Waals surface area contributed by atoms with Crippen LogP contribution in [0.2, 0.25) is 0 Å². The Morgan fingerprint density at radius 1 is 1.48 bits per heavy atom. The van der Waals surface area contributed by atoms with Gasteiger partial charge in [0, 0.05) is 17.5 Å². The van der Waals surface area contributed by atoms with Crippen molar-refractivity contribution in [1.29, 1.82) is 0 Å². The molecule has 1 saturated heterocycles. The first-order valence-electron chi connectivity index (χ1n) is 7.36. The molecule has 1 aliphatic heterocycles. The van der Waals surface area contributed by atoms with Crippen LogP contribution in [0, 0.1) is 5.92 Å². The number of rotatable bonds is 5. The number of amides is 1. The molecule has 1 fully saturated rings. The largest absolute Gasteiger partial charge is 0.497 e. The van der Waals surface area contributed by atoms with Crippen molar-refractivity contribution in [2.75, 3.05) is 20.2 Å². The van der Waals surface area contributed by atoms with Crippen LogP contribution in [-0.4, -0.2) is 42.3 Å². The third-order valence-electron chi connectivity index (χ3n) is 4.00. The van der Waals surface area contributed by atoms with Crippen molar-refractivity contribution in [2.24, 2.45) is 11.7 Å². The standard InChI is InChI=1S/C16H24N2O2S/c1-11-8-13(9-17)10-18(11)16(19)12(2)21-15-6-4-14(20-3)5-7-15/h4-7,11-13H,8-10,17H2,1-3H3. The average molecular weight is 308 g/mol. The van der Waals surface area contributed by atoms with Gasteiger partial charge in [-0.25, -0.2) is 0 Å². The summed E-state index contributed by atoms with van der Waals surface area (Å²) < 4.78 is 5.14. The normalized spacial score (nSPS) is 23.1. The lowest BCUT2D eigenvalue weighted by molar-refractivity contribution is -0.130. The van der Waals surface area contributed by atoms with Crippen molar-refractivity contribution < 1.29 is 9.53 Å². The van der Waals surface area contributed by atoms with E-state index in [1.165, 1.54) is 0 Å². The van der Waals surface area contributed by atoms with E-state index in [1.807, 2.05) is 36.1 Å². The molecule has 21 heavy (non-hydrogen) atoms. The summed E-state index contributed by atoms with van der Waals surface area (Å²) in [6, 6.07) is 8.11. The van der Waals surface area contributed by atoms with Crippen LogP contribution in [0.3, 0.4) is 0 Å². The van der Waals surface area contributed by atoms with Crippen LogP contribution >= 0.6 is 11.8 Å². The van der Waals surface area contributed by atoms with Gasteiger partial charge in [0.2, 0.25) is 5.91 Å². The summed E-state index contributed by atoms with van der Waals surface area (Å²) in [4.78, 5) is 15.7. The van der Waals surface area contributed by atoms with E-state index in [1.54, 1.807) is 18.9 Å². The molecule has 1 heterocycles. The molecule has 1 aromatic carbocycles. The highest BCUT2D eigenvalue weighted by Crippen LogP contribution is 2.29. The third kappa shape index (κ3) is 3.92. The van der Waals surface area contributed by atoms with E-state index in [4.69, 9.17) is 10.5 Å². The van der Waals surface area contributed by atoms with Crippen LogP contribution in [0.1, 0.15) is 20.3 Å². The average Bonchev–Trinajstić information content (AvgIpc) is 2.88. The van der Waals surface area contributed by atoms with Crippen molar-refractivity contribution in [3.05, 3.63) is 24.3 Å². The number of likely N-dealkylation sites (tertiary alicyclic amines) is 1. The molecule has 1 aromatic rings. The fraction of sp³-hybridized carbons (Fsp3) is 0.562. The van der Waals surface area contributed by atoms with Gasteiger partial charge in [-0.2, -0.15) is 0 Å². The van der Waals surface area contributed by atoms with Gasteiger partial charge < -0.3 is 15.4 Å². The Kier molecular flexibility index (Phi) is 5.53. The zero-order valence-electron chi connectivity index (χ0n) is 12.9. The smallest absolute Gasteiger partial charge is 0.236 e. The molecule has 5 heteroatoms. The molecule has 4 nitrogen and oxygen atoms in total. The summed E-state index contributed by atoms with van der Waals surface area (Å²) in [6.45, 7) is 5.54. The van der Waals surface area contributed by atoms with Gasteiger partial charge in [-0.05, 0) is 57.0 Å². The van der Waals surface area contributed by atoms with Gasteiger partial charge in [0.25, 0.3) is 0 Å². The molecule has 1 amide bonds. The highest BCUT2D eigenvalue weighted by atomic mass is 32.2. The SMILES string of the molecule is COc1ccc(SC(C)C(=O)N2CC(CN)CC2C)cc1. The maximum absolute atomic E-state index is 12.6. The van der Waals surface area contributed by atoms with Gasteiger partial charge in [0.1, 0.15) is 5.75 Å². The molecule has 0 aromatic heterocycles. The second kappa shape index (κ2) is 7.18. The molecule has 2 N–H and O–H groups in total. The second-order valence-electron chi connectivity index (χ2n) is 5.61. The van der Waals surface area contributed by atoms with Gasteiger partial charge in [0.05, 0.1) is 12.4 Å². The molecule has 1 aliphatic rings. The van der Waals surface area contributed by atoms with Crippen molar-refractivity contribution in [3.8, 4) is 5.75 Å². The lowest BCUT2D eigenvalue weighted by atomic mass is 10.1. The molecule has 0 aliphatic carbocycles. The van der Waals surface area contributed by atoms with E-state index in [0.717, 1.165) is 23.6 Å². The van der Waals surface area contributed by atoms with Gasteiger partial charge in [-0.3, -0.25) is 4.79 Å². The second-order valence-corrected chi connectivity index (χ2v) is 7.03. The van der Waals surface area contributed by atoms with Crippen LogP contribution in [0.25, 0.3) is 0 Å². The molecule has 3 unspecified atom stereocenters. The summed E-state index contributed by atoms with van der Waals surface area (Å²) in [5.41, 5.74) is 5.73. The number of thioether (sulfide) groups is 1. The fourth-order valence-corrected chi connectivity index (χ4v) is 3.70. The van der Waals surface area contributed by atoms with Crippen LogP contribution in [0.5, 0.6) is 5.75 Å². The molecule has 116 valence electrons. The number of methoxy groups -OCH3 is 1. The lowest BCUT2D eigenvalue weighted by Gasteiger charge is -2.25. The van der Waals surface area contributed by atoms with Crippen LogP contribution in [-0.2, 0) is 4.79 Å². The molecule has 0 radical (unpaired) electrons. The predicted octanol–water partition coefficient (Wildman–Crippen LogP) is 2.37. The number of ether oxygens (including phenoxy) is 1. The molecule has 0 bridgehead atoms. The Labute approximate surface area is 131 Å². The van der Waals surface area contributed by atoms with Gasteiger partial charge in [-0.1, -0.05) is 0 Å². The van der Waals surface area contributed by atoms with Crippen molar-refractivity contribution in [1.82, 2.24) is 4.90 Å². The van der Waals surface area contributed by atoms with E-state index < -0.39 is 0 Å². The van der Waals surface area contributed by atoms with E-state index in [2.05, 4.69) is 6.92 Å². The Hall–Kier alpha value is -1.20. The maximum atomic E-state index is 12.6. The number of benzene rings is 1. The van der Waals surface area contributed by atoms with Crippen molar-refractivity contribution >= 4 is 17.7 Å². The Morgan fingerprint density at radius 3 is 2.67 bits per heavy atom. The summed E-state index contributed by atoms with van der Waals surface area (Å²) >= 11 is 1.59. The number of nitrogens with two attached hydrogens (primary N) is 1. The third-order valence-corrected chi connectivity index (χ3v) is 5.10. The summed E-state index contributed by atoms with van der Waals surface area (Å²) in [5, 5.41) is -0.0858. The summed E-state index contributed by atoms with van der Waals surface area (Å²) in [5.74, 6) is 1.48. The van der Waals surface area contributed by atoms with Crippen LogP contribution in [0.4, 0.5) is 0 Å². The van der Waals surface area contributed by atoms with E-state index in [0.29, 0.717) is 18.5 Å². The number of carbonyl (C=O) groups is 1. The summed E-state index contributed by atoms with van der Waals surface area (Å²) in [7, 11) is 1.65. The van der Waals surface area contributed by atoms with E-state index in [-0.39, 0.29) is 11.2 Å². The predicted molar refractivity (Wildman–Crippen MR) is 86.6 cm³/mol. The van der Waals surface area contributed by atoms with Gasteiger partial charge in [-0.15, -0.1) is 11.8 Å². The Balaban J connectivity index is 1.95. The van der Waals surface area contributed by atoms with Crippen molar-refractivity contribution in [2.45, 2.75) is 36.5 Å². The minimum atomic E-state index is -0.0858. The first-order valence-corrected chi connectivity index (χ1v) is 8.24. The first kappa shape index (κ1) is 16.2. The molecular weight excluding hydrogens is 284 g/mol. The Bertz CT molecular complexity index is 478. The molecular formula is C16H24N2O2S. The molecule has 3 atom stereocenters.